The number of carbonyl (C=O) groups excluding carboxylic acids is 1. The number of oxime groups is 1. The highest BCUT2D eigenvalue weighted by Gasteiger charge is 2.30. The molecule has 0 heterocycles. The van der Waals surface area contributed by atoms with E-state index in [9.17, 15) is 18.0 Å². The van der Waals surface area contributed by atoms with Crippen molar-refractivity contribution < 1.29 is 22.8 Å². The number of alkyl halides is 3. The molecular formula is C18H17F3N2O2. The van der Waals surface area contributed by atoms with Crippen LogP contribution < -0.4 is 5.32 Å². The van der Waals surface area contributed by atoms with Crippen LogP contribution >= 0.6 is 0 Å². The summed E-state index contributed by atoms with van der Waals surface area (Å²) < 4.78 is 38.0. The normalized spacial score (nSPS) is 12.0. The molecule has 0 unspecified atom stereocenters. The molecule has 2 aromatic carbocycles. The van der Waals surface area contributed by atoms with Crippen LogP contribution in [0.25, 0.3) is 0 Å². The molecule has 2 aromatic rings. The van der Waals surface area contributed by atoms with Gasteiger partial charge in [0.05, 0.1) is 11.3 Å². The molecule has 0 radical (unpaired) electrons. The molecule has 1 amide bonds. The Bertz CT molecular complexity index is 769. The minimum absolute atomic E-state index is 0.0643. The minimum atomic E-state index is -4.38. The predicted molar refractivity (Wildman–Crippen MR) is 89.2 cm³/mol. The molecule has 0 bridgehead atoms. The first-order valence-corrected chi connectivity index (χ1v) is 7.46. The highest BCUT2D eigenvalue weighted by molar-refractivity contribution is 5.99. The lowest BCUT2D eigenvalue weighted by atomic mass is 10.1. The summed E-state index contributed by atoms with van der Waals surface area (Å²) in [6.45, 7) is 3.08. The summed E-state index contributed by atoms with van der Waals surface area (Å²) in [4.78, 5) is 16.1. The van der Waals surface area contributed by atoms with Gasteiger partial charge in [-0.2, -0.15) is 13.2 Å². The molecule has 0 aromatic heterocycles. The van der Waals surface area contributed by atoms with Crippen molar-refractivity contribution in [2.75, 3.05) is 5.32 Å². The van der Waals surface area contributed by atoms with E-state index in [1.165, 1.54) is 13.0 Å². The number of benzene rings is 2. The molecule has 0 aliphatic carbocycles. The average Bonchev–Trinajstić information content (AvgIpc) is 2.54. The van der Waals surface area contributed by atoms with Gasteiger partial charge in [-0.05, 0) is 42.3 Å². The second-order valence-corrected chi connectivity index (χ2v) is 5.41. The SMILES string of the molecule is CC(=O)Nc1ccc(/C(C)=N/OCc2cccc(C(F)(F)F)c2)cc1. The maximum Gasteiger partial charge on any atom is 0.416 e. The molecule has 0 aliphatic heterocycles. The van der Waals surface area contributed by atoms with Crippen LogP contribution in [0, 0.1) is 0 Å². The van der Waals surface area contributed by atoms with Crippen LogP contribution in [0.1, 0.15) is 30.5 Å². The van der Waals surface area contributed by atoms with Gasteiger partial charge in [0.1, 0.15) is 6.61 Å². The number of rotatable bonds is 5. The molecule has 0 aliphatic rings. The van der Waals surface area contributed by atoms with Gasteiger partial charge >= 0.3 is 6.18 Å². The molecule has 0 fully saturated rings. The lowest BCUT2D eigenvalue weighted by Crippen LogP contribution is -2.06. The largest absolute Gasteiger partial charge is 0.416 e. The van der Waals surface area contributed by atoms with Gasteiger partial charge < -0.3 is 10.2 Å². The number of nitrogens with zero attached hydrogens (tertiary/aromatic N) is 1. The summed E-state index contributed by atoms with van der Waals surface area (Å²) in [5, 5.41) is 6.57. The van der Waals surface area contributed by atoms with Crippen molar-refractivity contribution in [2.24, 2.45) is 5.16 Å². The summed E-state index contributed by atoms with van der Waals surface area (Å²) in [6.07, 6.45) is -4.38. The molecule has 0 saturated heterocycles. The maximum atomic E-state index is 12.7. The molecule has 0 atom stereocenters. The average molecular weight is 350 g/mol. The zero-order valence-electron chi connectivity index (χ0n) is 13.7. The molecule has 0 spiro atoms. The lowest BCUT2D eigenvalue weighted by Gasteiger charge is -2.08. The van der Waals surface area contributed by atoms with Gasteiger partial charge in [0.25, 0.3) is 0 Å². The van der Waals surface area contributed by atoms with E-state index in [0.717, 1.165) is 17.7 Å². The number of nitrogens with one attached hydrogen (secondary N) is 1. The molecule has 7 heteroatoms. The van der Waals surface area contributed by atoms with E-state index < -0.39 is 11.7 Å². The summed E-state index contributed by atoms with van der Waals surface area (Å²) in [6, 6.07) is 11.9. The third-order valence-electron chi connectivity index (χ3n) is 3.31. The zero-order valence-corrected chi connectivity index (χ0v) is 13.7. The monoisotopic (exact) mass is 350 g/mol. The van der Waals surface area contributed by atoms with Gasteiger partial charge in [0, 0.05) is 12.6 Å². The third-order valence-corrected chi connectivity index (χ3v) is 3.31. The first-order valence-electron chi connectivity index (χ1n) is 7.46. The second-order valence-electron chi connectivity index (χ2n) is 5.41. The van der Waals surface area contributed by atoms with Gasteiger partial charge in [-0.25, -0.2) is 0 Å². The molecule has 0 saturated carbocycles. The minimum Gasteiger partial charge on any atom is -0.391 e. The number of anilines is 1. The Morgan fingerprint density at radius 2 is 1.80 bits per heavy atom. The van der Waals surface area contributed by atoms with Gasteiger partial charge in [-0.3, -0.25) is 4.79 Å². The molecule has 4 nitrogen and oxygen atoms in total. The maximum absolute atomic E-state index is 12.7. The van der Waals surface area contributed by atoms with Gasteiger partial charge in [0.15, 0.2) is 0 Å². The smallest absolute Gasteiger partial charge is 0.391 e. The van der Waals surface area contributed by atoms with Crippen molar-refractivity contribution >= 4 is 17.3 Å². The number of amides is 1. The van der Waals surface area contributed by atoms with Crippen LogP contribution in [-0.2, 0) is 22.4 Å². The number of hydrogen-bond donors (Lipinski definition) is 1. The summed E-state index contributed by atoms with van der Waals surface area (Å²) in [5.41, 5.74) is 1.67. The first kappa shape index (κ1) is 18.5. The Morgan fingerprint density at radius 1 is 1.12 bits per heavy atom. The van der Waals surface area contributed by atoms with Crippen LogP contribution in [0.2, 0.25) is 0 Å². The van der Waals surface area contributed by atoms with E-state index in [-0.39, 0.29) is 12.5 Å². The lowest BCUT2D eigenvalue weighted by molar-refractivity contribution is -0.137. The molecule has 132 valence electrons. The van der Waals surface area contributed by atoms with Crippen LogP contribution in [0.4, 0.5) is 18.9 Å². The van der Waals surface area contributed by atoms with Crippen molar-refractivity contribution in [1.82, 2.24) is 0 Å². The topological polar surface area (TPSA) is 50.7 Å². The van der Waals surface area contributed by atoms with Crippen LogP contribution in [0.15, 0.2) is 53.7 Å². The molecule has 1 N–H and O–H groups in total. The van der Waals surface area contributed by atoms with Crippen LogP contribution in [0.3, 0.4) is 0 Å². The van der Waals surface area contributed by atoms with Crippen molar-refractivity contribution in [1.29, 1.82) is 0 Å². The fourth-order valence-electron chi connectivity index (χ4n) is 2.09. The Morgan fingerprint density at radius 3 is 2.40 bits per heavy atom. The van der Waals surface area contributed by atoms with Crippen LogP contribution in [-0.4, -0.2) is 11.6 Å². The quantitative estimate of drug-likeness (QED) is 0.633. The number of carbonyl (C=O) groups is 1. The highest BCUT2D eigenvalue weighted by atomic mass is 19.4. The highest BCUT2D eigenvalue weighted by Crippen LogP contribution is 2.29. The third kappa shape index (κ3) is 5.63. The second kappa shape index (κ2) is 7.83. The summed E-state index contributed by atoms with van der Waals surface area (Å²) >= 11 is 0. The Balaban J connectivity index is 1.98. The van der Waals surface area contributed by atoms with Crippen LogP contribution in [0.5, 0.6) is 0 Å². The summed E-state index contributed by atoms with van der Waals surface area (Å²) in [7, 11) is 0. The van der Waals surface area contributed by atoms with Crippen molar-refractivity contribution in [3.8, 4) is 0 Å². The van der Waals surface area contributed by atoms with Gasteiger partial charge in [-0.1, -0.05) is 29.4 Å². The van der Waals surface area contributed by atoms with E-state index in [1.807, 2.05) is 0 Å². The van der Waals surface area contributed by atoms with Gasteiger partial charge in [-0.15, -0.1) is 0 Å². The number of halogens is 3. The molecule has 25 heavy (non-hydrogen) atoms. The fourth-order valence-corrected chi connectivity index (χ4v) is 2.09. The van der Waals surface area contributed by atoms with Crippen molar-refractivity contribution in [3.63, 3.8) is 0 Å². The zero-order chi connectivity index (χ0) is 18.4. The standard InChI is InChI=1S/C18H17F3N2O2/c1-12(15-6-8-17(9-7-15)22-13(2)24)23-25-11-14-4-3-5-16(10-14)18(19,20)21/h3-10H,11H2,1-2H3,(H,22,24)/b23-12+. The number of hydrogen-bond acceptors (Lipinski definition) is 3. The van der Waals surface area contributed by atoms with E-state index in [0.29, 0.717) is 17.0 Å². The van der Waals surface area contributed by atoms with E-state index in [4.69, 9.17) is 4.84 Å². The van der Waals surface area contributed by atoms with E-state index >= 15 is 0 Å². The van der Waals surface area contributed by atoms with Crippen molar-refractivity contribution in [3.05, 3.63) is 65.2 Å². The molecule has 2 rings (SSSR count). The van der Waals surface area contributed by atoms with Gasteiger partial charge in [0.2, 0.25) is 5.91 Å². The Labute approximate surface area is 143 Å². The predicted octanol–water partition coefficient (Wildman–Crippen LogP) is 4.60. The fraction of sp³-hybridized carbons (Fsp3) is 0.222. The van der Waals surface area contributed by atoms with Crippen molar-refractivity contribution in [2.45, 2.75) is 26.6 Å². The molecular weight excluding hydrogens is 333 g/mol. The van der Waals surface area contributed by atoms with E-state index in [1.54, 1.807) is 37.3 Å². The first-order chi connectivity index (χ1) is 11.8. The Hall–Kier alpha value is -2.83. The van der Waals surface area contributed by atoms with E-state index in [2.05, 4.69) is 10.5 Å². The summed E-state index contributed by atoms with van der Waals surface area (Å²) in [5.74, 6) is -0.164. The Kier molecular flexibility index (Phi) is 5.80.